The Hall–Kier alpha value is -1.77. The first-order chi connectivity index (χ1) is 9.91. The molecular formula is C13H16N2O6. The molecule has 0 spiro atoms. The normalized spacial score (nSPS) is 33.8. The number of carbonyl (C=O) groups is 1. The fraction of sp³-hybridized carbons (Fsp3) is 0.615. The summed E-state index contributed by atoms with van der Waals surface area (Å²) >= 11 is 0. The molecule has 4 atom stereocenters. The maximum Gasteiger partial charge on any atom is 0.330 e. The van der Waals surface area contributed by atoms with Crippen LogP contribution in [-0.2, 0) is 19.0 Å². The first-order valence-electron chi connectivity index (χ1n) is 6.67. The summed E-state index contributed by atoms with van der Waals surface area (Å²) in [6.45, 7) is 3.52. The molecule has 2 saturated heterocycles. The summed E-state index contributed by atoms with van der Waals surface area (Å²) in [6.07, 6.45) is 0.0524. The van der Waals surface area contributed by atoms with E-state index in [1.807, 2.05) is 0 Å². The molecule has 3 rings (SSSR count). The van der Waals surface area contributed by atoms with Crippen molar-refractivity contribution >= 4 is 6.29 Å². The monoisotopic (exact) mass is 296 g/mol. The van der Waals surface area contributed by atoms with Crippen LogP contribution in [0.15, 0.2) is 21.9 Å². The lowest BCUT2D eigenvalue weighted by molar-refractivity contribution is -0.197. The molecule has 0 bridgehead atoms. The van der Waals surface area contributed by atoms with Gasteiger partial charge in [0.15, 0.2) is 12.0 Å². The molecule has 0 radical (unpaired) electrons. The van der Waals surface area contributed by atoms with Gasteiger partial charge in [0.05, 0.1) is 6.10 Å². The Morgan fingerprint density at radius 1 is 1.33 bits per heavy atom. The highest BCUT2D eigenvalue weighted by atomic mass is 16.8. The van der Waals surface area contributed by atoms with Gasteiger partial charge in [-0.25, -0.2) is 4.79 Å². The first-order valence-corrected chi connectivity index (χ1v) is 6.67. The summed E-state index contributed by atoms with van der Waals surface area (Å²) in [7, 11) is 0. The van der Waals surface area contributed by atoms with Crippen molar-refractivity contribution in [1.82, 2.24) is 9.55 Å². The van der Waals surface area contributed by atoms with E-state index in [2.05, 4.69) is 4.98 Å². The first kappa shape index (κ1) is 14.2. The van der Waals surface area contributed by atoms with E-state index in [1.54, 1.807) is 13.8 Å². The number of rotatable bonds is 3. The van der Waals surface area contributed by atoms with Crippen molar-refractivity contribution in [3.63, 3.8) is 0 Å². The highest BCUT2D eigenvalue weighted by molar-refractivity contribution is 5.50. The van der Waals surface area contributed by atoms with Gasteiger partial charge < -0.3 is 19.0 Å². The number of carbonyl (C=O) groups excluding carboxylic acids is 1. The number of H-pyrrole nitrogens is 1. The second-order valence-electron chi connectivity index (χ2n) is 5.55. The van der Waals surface area contributed by atoms with Crippen LogP contribution in [0.1, 0.15) is 26.5 Å². The molecule has 1 N–H and O–H groups in total. The molecular weight excluding hydrogens is 280 g/mol. The summed E-state index contributed by atoms with van der Waals surface area (Å²) in [6, 6.07) is 1.23. The maximum absolute atomic E-state index is 11.9. The molecule has 0 aromatic carbocycles. The topological polar surface area (TPSA) is 99.6 Å². The van der Waals surface area contributed by atoms with Crippen molar-refractivity contribution in [2.75, 3.05) is 0 Å². The molecule has 1 aromatic heterocycles. The molecule has 2 fully saturated rings. The van der Waals surface area contributed by atoms with Crippen LogP contribution in [0.25, 0.3) is 0 Å². The molecule has 3 heterocycles. The summed E-state index contributed by atoms with van der Waals surface area (Å²) in [5, 5.41) is 0. The van der Waals surface area contributed by atoms with Crippen LogP contribution >= 0.6 is 0 Å². The minimum atomic E-state index is -0.815. The number of aromatic nitrogens is 2. The average molecular weight is 296 g/mol. The van der Waals surface area contributed by atoms with Crippen molar-refractivity contribution in [3.05, 3.63) is 33.1 Å². The number of ether oxygens (including phenoxy) is 3. The molecule has 8 heteroatoms. The molecule has 114 valence electrons. The van der Waals surface area contributed by atoms with Gasteiger partial charge in [-0.15, -0.1) is 0 Å². The Labute approximate surface area is 119 Å². The summed E-state index contributed by atoms with van der Waals surface area (Å²) < 4.78 is 18.5. The SMILES string of the molecule is CC1(C)OC2C(O1)[C@@H](CC=O)O[C@H]2n1ccc(=O)[nH]c1=O. The number of aldehydes is 1. The molecule has 21 heavy (non-hydrogen) atoms. The van der Waals surface area contributed by atoms with Crippen molar-refractivity contribution in [2.24, 2.45) is 0 Å². The van der Waals surface area contributed by atoms with Gasteiger partial charge in [-0.3, -0.25) is 14.3 Å². The number of nitrogens with one attached hydrogen (secondary N) is 1. The third kappa shape index (κ3) is 2.45. The maximum atomic E-state index is 11.9. The lowest BCUT2D eigenvalue weighted by Crippen LogP contribution is -2.37. The van der Waals surface area contributed by atoms with Crippen LogP contribution < -0.4 is 11.2 Å². The molecule has 0 aliphatic carbocycles. The summed E-state index contributed by atoms with van der Waals surface area (Å²) in [5.74, 6) is -0.815. The third-order valence-corrected chi connectivity index (χ3v) is 3.58. The van der Waals surface area contributed by atoms with Crippen molar-refractivity contribution in [1.29, 1.82) is 0 Å². The van der Waals surface area contributed by atoms with Gasteiger partial charge in [-0.2, -0.15) is 0 Å². The van der Waals surface area contributed by atoms with Crippen molar-refractivity contribution in [3.8, 4) is 0 Å². The van der Waals surface area contributed by atoms with E-state index in [-0.39, 0.29) is 6.42 Å². The summed E-state index contributed by atoms with van der Waals surface area (Å²) in [4.78, 5) is 36.0. The Kier molecular flexibility index (Phi) is 3.31. The van der Waals surface area contributed by atoms with Crippen molar-refractivity contribution in [2.45, 2.75) is 50.6 Å². The van der Waals surface area contributed by atoms with E-state index in [1.165, 1.54) is 16.8 Å². The van der Waals surface area contributed by atoms with Gasteiger partial charge in [-0.05, 0) is 13.8 Å². The van der Waals surface area contributed by atoms with E-state index in [4.69, 9.17) is 14.2 Å². The van der Waals surface area contributed by atoms with Gasteiger partial charge in [0.25, 0.3) is 5.56 Å². The van der Waals surface area contributed by atoms with Gasteiger partial charge in [0.1, 0.15) is 18.5 Å². The van der Waals surface area contributed by atoms with Gasteiger partial charge in [0.2, 0.25) is 0 Å². The van der Waals surface area contributed by atoms with Crippen molar-refractivity contribution < 1.29 is 19.0 Å². The molecule has 8 nitrogen and oxygen atoms in total. The predicted molar refractivity (Wildman–Crippen MR) is 69.7 cm³/mol. The zero-order chi connectivity index (χ0) is 15.2. The number of hydrogen-bond donors (Lipinski definition) is 1. The molecule has 2 aliphatic heterocycles. The standard InChI is InChI=1S/C13H16N2O6/c1-13(2)20-9-7(4-6-16)19-11(10(9)21-13)15-5-3-8(17)14-12(15)18/h3,5-7,9-11H,4H2,1-2H3,(H,14,17,18)/t7-,9?,10?,11-/m1/s1. The molecule has 2 unspecified atom stereocenters. The lowest BCUT2D eigenvalue weighted by Gasteiger charge is -2.24. The molecule has 0 amide bonds. The third-order valence-electron chi connectivity index (χ3n) is 3.58. The Bertz CT molecular complexity index is 663. The van der Waals surface area contributed by atoms with E-state index in [0.29, 0.717) is 0 Å². The van der Waals surface area contributed by atoms with Crippen LogP contribution in [0.3, 0.4) is 0 Å². The van der Waals surface area contributed by atoms with Gasteiger partial charge in [-0.1, -0.05) is 0 Å². The zero-order valence-electron chi connectivity index (χ0n) is 11.6. The highest BCUT2D eigenvalue weighted by Gasteiger charge is 2.55. The van der Waals surface area contributed by atoms with E-state index >= 15 is 0 Å². The minimum absolute atomic E-state index is 0.148. The van der Waals surface area contributed by atoms with Crippen LogP contribution in [0.4, 0.5) is 0 Å². The van der Waals surface area contributed by atoms with E-state index < -0.39 is 41.6 Å². The Balaban J connectivity index is 1.97. The quantitative estimate of drug-likeness (QED) is 0.758. The Morgan fingerprint density at radius 2 is 2.05 bits per heavy atom. The number of nitrogens with zero attached hydrogens (tertiary/aromatic N) is 1. The second-order valence-corrected chi connectivity index (χ2v) is 5.55. The summed E-state index contributed by atoms with van der Waals surface area (Å²) in [5.41, 5.74) is -1.08. The molecule has 0 saturated carbocycles. The smallest absolute Gasteiger partial charge is 0.330 e. The Morgan fingerprint density at radius 3 is 2.71 bits per heavy atom. The fourth-order valence-corrected chi connectivity index (χ4v) is 2.80. The lowest BCUT2D eigenvalue weighted by atomic mass is 10.1. The molecule has 2 aliphatic rings. The fourth-order valence-electron chi connectivity index (χ4n) is 2.80. The average Bonchev–Trinajstić information content (AvgIpc) is 2.85. The zero-order valence-corrected chi connectivity index (χ0v) is 11.6. The van der Waals surface area contributed by atoms with Crippen LogP contribution in [0.5, 0.6) is 0 Å². The van der Waals surface area contributed by atoms with Gasteiger partial charge in [0, 0.05) is 18.7 Å². The second kappa shape index (κ2) is 4.90. The highest BCUT2D eigenvalue weighted by Crippen LogP contribution is 2.43. The van der Waals surface area contributed by atoms with Crippen LogP contribution in [0.2, 0.25) is 0 Å². The van der Waals surface area contributed by atoms with Crippen LogP contribution in [0, 0.1) is 0 Å². The largest absolute Gasteiger partial charge is 0.348 e. The van der Waals surface area contributed by atoms with Crippen LogP contribution in [-0.4, -0.2) is 39.9 Å². The predicted octanol–water partition coefficient (Wildman–Crippen LogP) is -0.457. The molecule has 1 aromatic rings. The minimum Gasteiger partial charge on any atom is -0.348 e. The number of fused-ring (bicyclic) bond motifs is 1. The van der Waals surface area contributed by atoms with E-state index in [0.717, 1.165) is 6.29 Å². The van der Waals surface area contributed by atoms with E-state index in [9.17, 15) is 14.4 Å². The number of hydrogen-bond acceptors (Lipinski definition) is 6. The number of aromatic amines is 1. The van der Waals surface area contributed by atoms with Gasteiger partial charge >= 0.3 is 5.69 Å².